The van der Waals surface area contributed by atoms with Crippen LogP contribution in [0.2, 0.25) is 0 Å². The van der Waals surface area contributed by atoms with Gasteiger partial charge in [0, 0.05) is 19.6 Å². The number of hydrogen-bond acceptors (Lipinski definition) is 3. The number of hydrogen-bond donors (Lipinski definition) is 0. The van der Waals surface area contributed by atoms with Crippen molar-refractivity contribution in [1.82, 2.24) is 4.90 Å². The number of nitrogens with zero attached hydrogens (tertiary/aromatic N) is 1. The van der Waals surface area contributed by atoms with E-state index < -0.39 is 0 Å². The molecule has 0 saturated carbocycles. The van der Waals surface area contributed by atoms with Crippen molar-refractivity contribution in [2.45, 2.75) is 6.92 Å². The lowest BCUT2D eigenvalue weighted by Gasteiger charge is -2.25. The van der Waals surface area contributed by atoms with E-state index in [2.05, 4.69) is 24.5 Å². The van der Waals surface area contributed by atoms with E-state index in [1.54, 1.807) is 7.11 Å². The van der Waals surface area contributed by atoms with Crippen LogP contribution in [0.5, 0.6) is 0 Å². The van der Waals surface area contributed by atoms with Gasteiger partial charge in [-0.15, -0.1) is 0 Å². The molecule has 0 aromatic carbocycles. The fourth-order valence-corrected chi connectivity index (χ4v) is 1.42. The number of ether oxygens (including phenoxy) is 2. The molecule has 0 radical (unpaired) electrons. The number of rotatable bonds is 5. The molecule has 0 amide bonds. The lowest BCUT2D eigenvalue weighted by Crippen LogP contribution is -2.36. The molecule has 1 aliphatic heterocycles. The molecule has 3 heteroatoms. The van der Waals surface area contributed by atoms with E-state index in [1.165, 1.54) is 5.57 Å². The highest BCUT2D eigenvalue weighted by Crippen LogP contribution is 2.02. The van der Waals surface area contributed by atoms with Gasteiger partial charge in [-0.2, -0.15) is 0 Å². The highest BCUT2D eigenvalue weighted by molar-refractivity contribution is 5.22. The van der Waals surface area contributed by atoms with Crippen LogP contribution in [0.4, 0.5) is 0 Å². The molecule has 0 aromatic rings. The summed E-state index contributed by atoms with van der Waals surface area (Å²) in [5.74, 6) is 0.680. The lowest BCUT2D eigenvalue weighted by molar-refractivity contribution is 0.0434. The van der Waals surface area contributed by atoms with Crippen molar-refractivity contribution in [2.75, 3.05) is 40.0 Å². The molecule has 0 N–H and O–H groups in total. The van der Waals surface area contributed by atoms with Crippen LogP contribution >= 0.6 is 0 Å². The average Bonchev–Trinajstić information content (AvgIpc) is 2.34. The van der Waals surface area contributed by atoms with Gasteiger partial charge in [-0.25, -0.2) is 0 Å². The van der Waals surface area contributed by atoms with Gasteiger partial charge in [0.15, 0.2) is 0 Å². The molecule has 1 rings (SSSR count). The molecule has 0 bridgehead atoms. The van der Waals surface area contributed by atoms with Crippen LogP contribution in [-0.2, 0) is 9.47 Å². The Morgan fingerprint density at radius 2 is 2.06 bits per heavy atom. The Bertz CT molecular complexity index is 276. The van der Waals surface area contributed by atoms with Crippen LogP contribution < -0.4 is 0 Å². The van der Waals surface area contributed by atoms with E-state index in [0.717, 1.165) is 32.8 Å². The zero-order valence-electron chi connectivity index (χ0n) is 10.2. The molecule has 0 atom stereocenters. The summed E-state index contributed by atoms with van der Waals surface area (Å²) in [6, 6.07) is 0. The second-order valence-corrected chi connectivity index (χ2v) is 3.86. The summed E-state index contributed by atoms with van der Waals surface area (Å²) in [6.07, 6.45) is 6.11. The van der Waals surface area contributed by atoms with Crippen molar-refractivity contribution in [3.63, 3.8) is 0 Å². The van der Waals surface area contributed by atoms with Crippen LogP contribution in [0, 0.1) is 0 Å². The molecule has 90 valence electrons. The minimum absolute atomic E-state index is 0.680. The minimum atomic E-state index is 0.680. The first-order valence-corrected chi connectivity index (χ1v) is 5.60. The topological polar surface area (TPSA) is 21.7 Å². The molecule has 0 unspecified atom stereocenters. The summed E-state index contributed by atoms with van der Waals surface area (Å²) in [7, 11) is 1.62. The van der Waals surface area contributed by atoms with Crippen molar-refractivity contribution in [3.05, 3.63) is 36.1 Å². The standard InChI is InChI=1S/C13H21NO2/c1-12(4-5-13(2)15-3)6-7-14-8-10-16-11-9-14/h4-6H,2,7-11H2,1,3H3/b5-4-,12-6-. The molecule has 1 heterocycles. The van der Waals surface area contributed by atoms with Crippen LogP contribution in [0.15, 0.2) is 36.1 Å². The van der Waals surface area contributed by atoms with E-state index in [-0.39, 0.29) is 0 Å². The van der Waals surface area contributed by atoms with Gasteiger partial charge in [0.1, 0.15) is 5.76 Å². The summed E-state index contributed by atoms with van der Waals surface area (Å²) in [5, 5.41) is 0. The van der Waals surface area contributed by atoms with Gasteiger partial charge in [0.05, 0.1) is 20.3 Å². The monoisotopic (exact) mass is 223 g/mol. The third-order valence-electron chi connectivity index (χ3n) is 2.57. The maximum absolute atomic E-state index is 5.30. The van der Waals surface area contributed by atoms with Crippen LogP contribution in [-0.4, -0.2) is 44.9 Å². The van der Waals surface area contributed by atoms with Crippen LogP contribution in [0.25, 0.3) is 0 Å². The van der Waals surface area contributed by atoms with Crippen LogP contribution in [0.1, 0.15) is 6.92 Å². The molecule has 1 saturated heterocycles. The molecule has 0 aliphatic carbocycles. The van der Waals surface area contributed by atoms with E-state index in [0.29, 0.717) is 5.76 Å². The Morgan fingerprint density at radius 3 is 2.69 bits per heavy atom. The van der Waals surface area contributed by atoms with Crippen molar-refractivity contribution in [2.24, 2.45) is 0 Å². The Labute approximate surface area is 98.0 Å². The second kappa shape index (κ2) is 7.25. The highest BCUT2D eigenvalue weighted by Gasteiger charge is 2.07. The average molecular weight is 223 g/mol. The SMILES string of the molecule is C=C(/C=C\C(C)=C/CN1CCOCC1)OC. The molecule has 1 fully saturated rings. The fraction of sp³-hybridized carbons (Fsp3) is 0.538. The largest absolute Gasteiger partial charge is 0.497 e. The predicted octanol–water partition coefficient (Wildman–Crippen LogP) is 1.98. The van der Waals surface area contributed by atoms with E-state index in [9.17, 15) is 0 Å². The molecule has 16 heavy (non-hydrogen) atoms. The van der Waals surface area contributed by atoms with Gasteiger partial charge < -0.3 is 9.47 Å². The first kappa shape index (κ1) is 13.0. The van der Waals surface area contributed by atoms with Crippen molar-refractivity contribution in [3.8, 4) is 0 Å². The number of allylic oxidation sites excluding steroid dienone is 3. The quantitative estimate of drug-likeness (QED) is 0.525. The Morgan fingerprint density at radius 1 is 1.38 bits per heavy atom. The molecule has 1 aliphatic rings. The summed E-state index contributed by atoms with van der Waals surface area (Å²) in [4.78, 5) is 2.38. The first-order chi connectivity index (χ1) is 7.72. The molecular weight excluding hydrogens is 202 g/mol. The van der Waals surface area contributed by atoms with Gasteiger partial charge in [-0.05, 0) is 13.0 Å². The minimum Gasteiger partial charge on any atom is -0.497 e. The van der Waals surface area contributed by atoms with Gasteiger partial charge in [0.2, 0.25) is 0 Å². The summed E-state index contributed by atoms with van der Waals surface area (Å²) < 4.78 is 10.3. The Hall–Kier alpha value is -1.06. The lowest BCUT2D eigenvalue weighted by atomic mass is 10.2. The zero-order valence-corrected chi connectivity index (χ0v) is 10.2. The van der Waals surface area contributed by atoms with Crippen molar-refractivity contribution >= 4 is 0 Å². The third kappa shape index (κ3) is 5.14. The summed E-state index contributed by atoms with van der Waals surface area (Å²) in [5.41, 5.74) is 1.23. The van der Waals surface area contributed by atoms with E-state index in [4.69, 9.17) is 9.47 Å². The Balaban J connectivity index is 2.32. The zero-order chi connectivity index (χ0) is 11.8. The van der Waals surface area contributed by atoms with Gasteiger partial charge in [-0.1, -0.05) is 24.3 Å². The molecule has 0 spiro atoms. The maximum atomic E-state index is 5.30. The molecular formula is C13H21NO2. The van der Waals surface area contributed by atoms with Gasteiger partial charge >= 0.3 is 0 Å². The summed E-state index contributed by atoms with van der Waals surface area (Å²) in [6.45, 7) is 10.6. The van der Waals surface area contributed by atoms with Gasteiger partial charge in [-0.3, -0.25) is 4.90 Å². The van der Waals surface area contributed by atoms with E-state index >= 15 is 0 Å². The van der Waals surface area contributed by atoms with E-state index in [1.807, 2.05) is 12.2 Å². The number of morpholine rings is 1. The molecule has 3 nitrogen and oxygen atoms in total. The first-order valence-electron chi connectivity index (χ1n) is 5.60. The van der Waals surface area contributed by atoms with Gasteiger partial charge in [0.25, 0.3) is 0 Å². The fourth-order valence-electron chi connectivity index (χ4n) is 1.42. The van der Waals surface area contributed by atoms with Crippen LogP contribution in [0.3, 0.4) is 0 Å². The predicted molar refractivity (Wildman–Crippen MR) is 66.3 cm³/mol. The number of methoxy groups -OCH3 is 1. The molecule has 0 aromatic heterocycles. The maximum Gasteiger partial charge on any atom is 0.111 e. The van der Waals surface area contributed by atoms with Crippen molar-refractivity contribution < 1.29 is 9.47 Å². The third-order valence-corrected chi connectivity index (χ3v) is 2.57. The normalized spacial score (nSPS) is 19.0. The second-order valence-electron chi connectivity index (χ2n) is 3.86. The smallest absolute Gasteiger partial charge is 0.111 e. The summed E-state index contributed by atoms with van der Waals surface area (Å²) >= 11 is 0. The van der Waals surface area contributed by atoms with Crippen molar-refractivity contribution in [1.29, 1.82) is 0 Å². The highest BCUT2D eigenvalue weighted by atomic mass is 16.5. The Kier molecular flexibility index (Phi) is 5.90.